The highest BCUT2D eigenvalue weighted by Crippen LogP contribution is 2.34. The van der Waals surface area contributed by atoms with Crippen molar-refractivity contribution in [3.05, 3.63) is 59.7 Å². The minimum atomic E-state index is -1.30. The van der Waals surface area contributed by atoms with Crippen molar-refractivity contribution in [2.45, 2.75) is 77.5 Å². The lowest BCUT2D eigenvalue weighted by Crippen LogP contribution is -2.51. The van der Waals surface area contributed by atoms with Crippen LogP contribution < -0.4 is 14.8 Å². The molecule has 9 nitrogen and oxygen atoms in total. The van der Waals surface area contributed by atoms with Crippen molar-refractivity contribution in [3.8, 4) is 11.5 Å². The molecule has 9 heteroatoms. The van der Waals surface area contributed by atoms with Gasteiger partial charge in [-0.25, -0.2) is 4.99 Å². The maximum absolute atomic E-state index is 13.7. The maximum Gasteiger partial charge on any atom is 0.306 e. The summed E-state index contributed by atoms with van der Waals surface area (Å²) in [5, 5.41) is 12.0. The van der Waals surface area contributed by atoms with Gasteiger partial charge in [0.15, 0.2) is 5.54 Å². The van der Waals surface area contributed by atoms with Gasteiger partial charge < -0.3 is 29.4 Å². The number of ether oxygens (including phenoxy) is 4. The van der Waals surface area contributed by atoms with Gasteiger partial charge in [0, 0.05) is 31.6 Å². The van der Waals surface area contributed by atoms with E-state index >= 15 is 0 Å². The molecule has 2 atom stereocenters. The molecule has 0 spiro atoms. The van der Waals surface area contributed by atoms with Crippen molar-refractivity contribution in [2.75, 3.05) is 26.4 Å². The molecular weight excluding hydrogens is 512 g/mol. The van der Waals surface area contributed by atoms with Gasteiger partial charge in [-0.15, -0.1) is 0 Å². The number of carbonyl (C=O) groups is 2. The Labute approximate surface area is 236 Å². The Bertz CT molecular complexity index is 1160. The molecule has 2 aromatic rings. The SMILES string of the molecule is CCOc1ccccc1CCNC(=O)[C@]1(CCC(=O)OC(C)(C)C)N=C(c2ccc(OCCCO)cc2)O[C@@H]1C. The number of nitrogens with zero attached hydrogens (tertiary/aromatic N) is 1. The number of amides is 1. The molecule has 2 N–H and O–H groups in total. The molecule has 40 heavy (non-hydrogen) atoms. The summed E-state index contributed by atoms with van der Waals surface area (Å²) in [6, 6.07) is 15.0. The van der Waals surface area contributed by atoms with E-state index in [4.69, 9.17) is 29.0 Å². The zero-order valence-corrected chi connectivity index (χ0v) is 24.2. The number of aliphatic imine (C=N–C) groups is 1. The Kier molecular flexibility index (Phi) is 11.0. The number of aliphatic hydroxyl groups is 1. The normalized spacial score (nSPS) is 18.4. The van der Waals surface area contributed by atoms with Crippen LogP contribution in [0, 0.1) is 0 Å². The predicted octanol–water partition coefficient (Wildman–Crippen LogP) is 4.23. The number of aliphatic hydroxyl groups excluding tert-OH is 1. The van der Waals surface area contributed by atoms with Crippen LogP contribution in [0.15, 0.2) is 53.5 Å². The Morgan fingerprint density at radius 3 is 2.50 bits per heavy atom. The van der Waals surface area contributed by atoms with Gasteiger partial charge in [-0.05, 0) is 83.4 Å². The summed E-state index contributed by atoms with van der Waals surface area (Å²) < 4.78 is 22.9. The van der Waals surface area contributed by atoms with Gasteiger partial charge in [-0.2, -0.15) is 0 Å². The number of nitrogens with one attached hydrogen (secondary N) is 1. The Hall–Kier alpha value is -3.59. The van der Waals surface area contributed by atoms with Gasteiger partial charge >= 0.3 is 5.97 Å². The number of rotatable bonds is 14. The number of carbonyl (C=O) groups excluding carboxylic acids is 2. The molecule has 0 bridgehead atoms. The average molecular weight is 555 g/mol. The standard InChI is InChI=1S/C31H42N2O7/c1-6-37-26-11-8-7-10-23(26)17-19-32-29(36)31(18-16-27(35)40-30(3,4)5)22(2)39-28(33-31)24-12-14-25(15-13-24)38-21-9-20-34/h7-8,10-15,22,34H,6,9,16-21H2,1-5H3,(H,32,36)/t22-,31-/m1/s1. The third-order valence-electron chi connectivity index (χ3n) is 6.41. The fourth-order valence-electron chi connectivity index (χ4n) is 4.41. The van der Waals surface area contributed by atoms with Crippen molar-refractivity contribution >= 4 is 17.8 Å². The van der Waals surface area contributed by atoms with E-state index in [1.54, 1.807) is 19.1 Å². The van der Waals surface area contributed by atoms with E-state index in [0.717, 1.165) is 11.3 Å². The second-order valence-corrected chi connectivity index (χ2v) is 10.7. The summed E-state index contributed by atoms with van der Waals surface area (Å²) in [6.07, 6.45) is 0.659. The molecule has 1 heterocycles. The molecule has 0 aromatic heterocycles. The van der Waals surface area contributed by atoms with Crippen LogP contribution in [-0.4, -0.2) is 66.5 Å². The highest BCUT2D eigenvalue weighted by Gasteiger charge is 2.50. The van der Waals surface area contributed by atoms with Gasteiger partial charge in [-0.1, -0.05) is 18.2 Å². The first kappa shape index (κ1) is 30.9. The van der Waals surface area contributed by atoms with Crippen molar-refractivity contribution in [2.24, 2.45) is 4.99 Å². The van der Waals surface area contributed by atoms with E-state index in [1.165, 1.54) is 0 Å². The lowest BCUT2D eigenvalue weighted by Gasteiger charge is -2.28. The topological polar surface area (TPSA) is 116 Å². The van der Waals surface area contributed by atoms with Crippen molar-refractivity contribution in [3.63, 3.8) is 0 Å². The molecule has 0 saturated heterocycles. The van der Waals surface area contributed by atoms with E-state index in [0.29, 0.717) is 49.8 Å². The first-order chi connectivity index (χ1) is 19.1. The van der Waals surface area contributed by atoms with Crippen LogP contribution in [0.25, 0.3) is 0 Å². The lowest BCUT2D eigenvalue weighted by atomic mass is 9.87. The van der Waals surface area contributed by atoms with Gasteiger partial charge in [0.2, 0.25) is 5.90 Å². The largest absolute Gasteiger partial charge is 0.494 e. The lowest BCUT2D eigenvalue weighted by molar-refractivity contribution is -0.155. The molecule has 0 unspecified atom stereocenters. The van der Waals surface area contributed by atoms with Crippen LogP contribution >= 0.6 is 0 Å². The molecule has 0 aliphatic carbocycles. The molecule has 0 radical (unpaired) electrons. The van der Waals surface area contributed by atoms with E-state index in [-0.39, 0.29) is 25.4 Å². The Morgan fingerprint density at radius 2 is 1.82 bits per heavy atom. The average Bonchev–Trinajstić information content (AvgIpc) is 3.25. The van der Waals surface area contributed by atoms with E-state index < -0.39 is 23.2 Å². The molecule has 3 rings (SSSR count). The van der Waals surface area contributed by atoms with E-state index in [2.05, 4.69) is 5.32 Å². The summed E-state index contributed by atoms with van der Waals surface area (Å²) in [4.78, 5) is 31.1. The van der Waals surface area contributed by atoms with E-state index in [1.807, 2.05) is 64.1 Å². The molecule has 1 aliphatic heterocycles. The summed E-state index contributed by atoms with van der Waals surface area (Å²) >= 11 is 0. The highest BCUT2D eigenvalue weighted by atomic mass is 16.6. The van der Waals surface area contributed by atoms with Crippen LogP contribution in [0.5, 0.6) is 11.5 Å². The van der Waals surface area contributed by atoms with Crippen LogP contribution in [0.1, 0.15) is 65.0 Å². The third-order valence-corrected chi connectivity index (χ3v) is 6.41. The molecule has 1 amide bonds. The first-order valence-corrected chi connectivity index (χ1v) is 13.9. The van der Waals surface area contributed by atoms with Gasteiger partial charge in [0.25, 0.3) is 5.91 Å². The van der Waals surface area contributed by atoms with Crippen LogP contribution in [-0.2, 0) is 25.5 Å². The maximum atomic E-state index is 13.7. The zero-order chi connectivity index (χ0) is 29.2. The molecule has 0 fully saturated rings. The quantitative estimate of drug-likeness (QED) is 0.265. The van der Waals surface area contributed by atoms with Gasteiger partial charge in [0.1, 0.15) is 23.2 Å². The summed E-state index contributed by atoms with van der Waals surface area (Å²) in [6.45, 7) is 10.5. The smallest absolute Gasteiger partial charge is 0.306 e. The molecule has 2 aromatic carbocycles. The van der Waals surface area contributed by atoms with Crippen molar-refractivity contribution < 1.29 is 33.6 Å². The number of para-hydroxylation sites is 1. The second-order valence-electron chi connectivity index (χ2n) is 10.7. The zero-order valence-electron chi connectivity index (χ0n) is 24.2. The number of hydrogen-bond acceptors (Lipinski definition) is 8. The van der Waals surface area contributed by atoms with Gasteiger partial charge in [0.05, 0.1) is 13.2 Å². The molecule has 218 valence electrons. The number of benzene rings is 2. The number of esters is 1. The molecular formula is C31H42N2O7. The minimum absolute atomic E-state index is 0.0139. The van der Waals surface area contributed by atoms with Crippen molar-refractivity contribution in [1.29, 1.82) is 0 Å². The second kappa shape index (κ2) is 14.2. The summed E-state index contributed by atoms with van der Waals surface area (Å²) in [5.74, 6) is 1.07. The first-order valence-electron chi connectivity index (χ1n) is 13.9. The summed E-state index contributed by atoms with van der Waals surface area (Å²) in [7, 11) is 0. The molecule has 1 aliphatic rings. The summed E-state index contributed by atoms with van der Waals surface area (Å²) in [5.41, 5.74) is -0.247. The molecule has 0 saturated carbocycles. The highest BCUT2D eigenvalue weighted by molar-refractivity contribution is 6.00. The van der Waals surface area contributed by atoms with Crippen LogP contribution in [0.4, 0.5) is 0 Å². The Balaban J connectivity index is 1.79. The van der Waals surface area contributed by atoms with E-state index in [9.17, 15) is 9.59 Å². The fraction of sp³-hybridized carbons (Fsp3) is 0.516. The Morgan fingerprint density at radius 1 is 1.10 bits per heavy atom. The third kappa shape index (κ3) is 8.45. The minimum Gasteiger partial charge on any atom is -0.494 e. The predicted molar refractivity (Wildman–Crippen MR) is 153 cm³/mol. The fourth-order valence-corrected chi connectivity index (χ4v) is 4.41. The number of hydrogen-bond donors (Lipinski definition) is 2. The monoisotopic (exact) mass is 554 g/mol. The van der Waals surface area contributed by atoms with Crippen LogP contribution in [0.3, 0.4) is 0 Å². The van der Waals surface area contributed by atoms with Crippen molar-refractivity contribution in [1.82, 2.24) is 5.32 Å². The van der Waals surface area contributed by atoms with Crippen LogP contribution in [0.2, 0.25) is 0 Å². The van der Waals surface area contributed by atoms with Gasteiger partial charge in [-0.3, -0.25) is 9.59 Å².